The Morgan fingerprint density at radius 2 is 2.26 bits per heavy atom. The van der Waals surface area contributed by atoms with Crippen molar-refractivity contribution in [1.82, 2.24) is 0 Å². The Hall–Kier alpha value is -1.63. The Kier molecular flexibility index (Phi) is 3.75. The van der Waals surface area contributed by atoms with Gasteiger partial charge >= 0.3 is 0 Å². The van der Waals surface area contributed by atoms with Crippen LogP contribution < -0.4 is 4.74 Å². The summed E-state index contributed by atoms with van der Waals surface area (Å²) >= 11 is 0. The third kappa shape index (κ3) is 3.23. The minimum absolute atomic E-state index is 0.0712. The van der Waals surface area contributed by atoms with E-state index in [9.17, 15) is 12.8 Å². The number of hydrogen-bond acceptors (Lipinski definition) is 5. The highest BCUT2D eigenvalue weighted by Crippen LogP contribution is 2.25. The predicted molar refractivity (Wildman–Crippen MR) is 68.1 cm³/mol. The van der Waals surface area contributed by atoms with E-state index < -0.39 is 21.8 Å². The second-order valence-electron chi connectivity index (χ2n) is 4.47. The normalized spacial score (nSPS) is 22.4. The molecule has 1 fully saturated rings. The molecule has 1 aliphatic heterocycles. The molecule has 1 N–H and O–H groups in total. The highest BCUT2D eigenvalue weighted by Gasteiger charge is 2.30. The van der Waals surface area contributed by atoms with Crippen molar-refractivity contribution in [2.75, 3.05) is 11.5 Å². The Morgan fingerprint density at radius 1 is 1.53 bits per heavy atom. The van der Waals surface area contributed by atoms with E-state index in [1.165, 1.54) is 12.1 Å². The van der Waals surface area contributed by atoms with Crippen LogP contribution in [0.25, 0.3) is 0 Å². The number of hydrogen-bond donors (Lipinski definition) is 1. The van der Waals surface area contributed by atoms with Crippen molar-refractivity contribution in [3.05, 3.63) is 29.6 Å². The topological polar surface area (TPSA) is 76.0 Å². The van der Waals surface area contributed by atoms with Gasteiger partial charge in [-0.15, -0.1) is 0 Å². The Morgan fingerprint density at radius 3 is 2.84 bits per heavy atom. The van der Waals surface area contributed by atoms with Gasteiger partial charge in [-0.3, -0.25) is 0 Å². The molecule has 0 aromatic heterocycles. The van der Waals surface area contributed by atoms with Crippen molar-refractivity contribution in [1.29, 1.82) is 0 Å². The van der Waals surface area contributed by atoms with Crippen LogP contribution in [0.2, 0.25) is 0 Å². The molecule has 2 rings (SSSR count). The molecule has 0 amide bonds. The molecule has 0 saturated carbocycles. The van der Waals surface area contributed by atoms with Gasteiger partial charge < -0.3 is 9.94 Å². The van der Waals surface area contributed by atoms with E-state index in [-0.39, 0.29) is 23.0 Å². The van der Waals surface area contributed by atoms with Crippen LogP contribution >= 0.6 is 0 Å². The van der Waals surface area contributed by atoms with Crippen LogP contribution in [0, 0.1) is 5.82 Å². The SMILES string of the molecule is CC(=NO)c1ccc(F)cc1OC1CCS(=O)(=O)C1. The van der Waals surface area contributed by atoms with Crippen LogP contribution in [-0.4, -0.2) is 36.9 Å². The number of nitrogens with zero attached hydrogens (tertiary/aromatic N) is 1. The van der Waals surface area contributed by atoms with Gasteiger partial charge in [0, 0.05) is 11.6 Å². The zero-order valence-electron chi connectivity index (χ0n) is 10.3. The van der Waals surface area contributed by atoms with Crippen LogP contribution in [0.4, 0.5) is 4.39 Å². The van der Waals surface area contributed by atoms with E-state index in [0.717, 1.165) is 6.07 Å². The lowest BCUT2D eigenvalue weighted by molar-refractivity contribution is 0.227. The van der Waals surface area contributed by atoms with Gasteiger partial charge in [-0.2, -0.15) is 0 Å². The lowest BCUT2D eigenvalue weighted by atomic mass is 10.1. The Labute approximate surface area is 110 Å². The minimum Gasteiger partial charge on any atom is -0.489 e. The number of halogens is 1. The monoisotopic (exact) mass is 287 g/mol. The summed E-state index contributed by atoms with van der Waals surface area (Å²) < 4.78 is 41.5. The van der Waals surface area contributed by atoms with E-state index in [4.69, 9.17) is 9.94 Å². The standard InChI is InChI=1S/C12H14FNO4S/c1-8(14-15)11-3-2-9(13)6-12(11)18-10-4-5-19(16,17)7-10/h2-3,6,10,15H,4-5,7H2,1H3. The highest BCUT2D eigenvalue weighted by atomic mass is 32.2. The molecule has 1 atom stereocenters. The Balaban J connectivity index is 2.27. The summed E-state index contributed by atoms with van der Waals surface area (Å²) in [5.74, 6) is -0.295. The van der Waals surface area contributed by atoms with Crippen molar-refractivity contribution in [3.8, 4) is 5.75 Å². The van der Waals surface area contributed by atoms with Crippen LogP contribution in [0.1, 0.15) is 18.9 Å². The molecular weight excluding hydrogens is 273 g/mol. The molecule has 5 nitrogen and oxygen atoms in total. The van der Waals surface area contributed by atoms with Gasteiger partial charge in [0.05, 0.1) is 17.2 Å². The van der Waals surface area contributed by atoms with E-state index in [1.54, 1.807) is 6.92 Å². The highest BCUT2D eigenvalue weighted by molar-refractivity contribution is 7.91. The molecule has 1 heterocycles. The number of benzene rings is 1. The molecule has 1 unspecified atom stereocenters. The van der Waals surface area contributed by atoms with Crippen LogP contribution in [0.3, 0.4) is 0 Å². The molecule has 1 aromatic carbocycles. The first-order valence-electron chi connectivity index (χ1n) is 5.77. The second-order valence-corrected chi connectivity index (χ2v) is 6.70. The summed E-state index contributed by atoms with van der Waals surface area (Å²) in [6.45, 7) is 1.55. The van der Waals surface area contributed by atoms with Gasteiger partial charge in [-0.25, -0.2) is 12.8 Å². The average molecular weight is 287 g/mol. The van der Waals surface area contributed by atoms with Crippen LogP contribution in [-0.2, 0) is 9.84 Å². The number of oxime groups is 1. The van der Waals surface area contributed by atoms with Gasteiger partial charge in [0.15, 0.2) is 9.84 Å². The van der Waals surface area contributed by atoms with Crippen molar-refractivity contribution in [2.45, 2.75) is 19.4 Å². The summed E-state index contributed by atoms with van der Waals surface area (Å²) in [6, 6.07) is 3.82. The zero-order valence-corrected chi connectivity index (χ0v) is 11.2. The van der Waals surface area contributed by atoms with Gasteiger partial charge in [-0.05, 0) is 25.5 Å². The third-order valence-electron chi connectivity index (χ3n) is 2.97. The number of sulfone groups is 1. The quantitative estimate of drug-likeness (QED) is 0.520. The van der Waals surface area contributed by atoms with E-state index in [2.05, 4.69) is 5.16 Å². The fourth-order valence-electron chi connectivity index (χ4n) is 1.98. The smallest absolute Gasteiger partial charge is 0.154 e. The predicted octanol–water partition coefficient (Wildman–Crippen LogP) is 1.59. The van der Waals surface area contributed by atoms with E-state index >= 15 is 0 Å². The van der Waals surface area contributed by atoms with Crippen LogP contribution in [0.15, 0.2) is 23.4 Å². The molecule has 0 aliphatic carbocycles. The summed E-state index contributed by atoms with van der Waals surface area (Å²) in [5.41, 5.74) is 0.712. The first kappa shape index (κ1) is 13.8. The first-order valence-corrected chi connectivity index (χ1v) is 7.59. The fourth-order valence-corrected chi connectivity index (χ4v) is 3.57. The summed E-state index contributed by atoms with van der Waals surface area (Å²) in [4.78, 5) is 0. The van der Waals surface area contributed by atoms with Crippen molar-refractivity contribution < 1.29 is 22.8 Å². The Bertz CT molecular complexity index is 612. The fraction of sp³-hybridized carbons (Fsp3) is 0.417. The molecule has 0 radical (unpaired) electrons. The molecule has 1 saturated heterocycles. The summed E-state index contributed by atoms with van der Waals surface area (Å²) in [5, 5.41) is 11.8. The molecule has 1 aliphatic rings. The lowest BCUT2D eigenvalue weighted by Crippen LogP contribution is -2.19. The maximum absolute atomic E-state index is 13.2. The van der Waals surface area contributed by atoms with Gasteiger partial charge in [0.1, 0.15) is 17.7 Å². The van der Waals surface area contributed by atoms with Gasteiger partial charge in [0.2, 0.25) is 0 Å². The molecular formula is C12H14FNO4S. The van der Waals surface area contributed by atoms with E-state index in [1.807, 2.05) is 0 Å². The number of ether oxygens (including phenoxy) is 1. The molecule has 104 valence electrons. The number of rotatable bonds is 3. The summed E-state index contributed by atoms with van der Waals surface area (Å²) in [7, 11) is -3.06. The molecule has 19 heavy (non-hydrogen) atoms. The van der Waals surface area contributed by atoms with E-state index in [0.29, 0.717) is 12.0 Å². The van der Waals surface area contributed by atoms with Gasteiger partial charge in [-0.1, -0.05) is 5.16 Å². The largest absolute Gasteiger partial charge is 0.489 e. The van der Waals surface area contributed by atoms with Crippen molar-refractivity contribution >= 4 is 15.5 Å². The lowest BCUT2D eigenvalue weighted by Gasteiger charge is -2.15. The average Bonchev–Trinajstić information content (AvgIpc) is 2.68. The zero-order chi connectivity index (χ0) is 14.0. The molecule has 0 bridgehead atoms. The third-order valence-corrected chi connectivity index (χ3v) is 4.71. The minimum atomic E-state index is -3.06. The molecule has 7 heteroatoms. The summed E-state index contributed by atoms with van der Waals surface area (Å²) in [6.07, 6.45) is -0.106. The van der Waals surface area contributed by atoms with Crippen molar-refractivity contribution in [3.63, 3.8) is 0 Å². The second kappa shape index (κ2) is 5.16. The van der Waals surface area contributed by atoms with Gasteiger partial charge in [0.25, 0.3) is 0 Å². The molecule has 0 spiro atoms. The maximum Gasteiger partial charge on any atom is 0.154 e. The first-order chi connectivity index (χ1) is 8.91. The van der Waals surface area contributed by atoms with Crippen molar-refractivity contribution in [2.24, 2.45) is 5.16 Å². The van der Waals surface area contributed by atoms with Crippen LogP contribution in [0.5, 0.6) is 5.75 Å². The maximum atomic E-state index is 13.2. The molecule has 1 aromatic rings.